The maximum atomic E-state index is 14.8. The second-order valence-corrected chi connectivity index (χ2v) is 12.9. The number of aromatic nitrogens is 4. The van der Waals surface area contributed by atoms with Gasteiger partial charge in [-0.15, -0.1) is 11.3 Å². The molecule has 0 spiro atoms. The minimum Gasteiger partial charge on any atom is -0.388 e. The molecule has 3 aromatic heterocycles. The van der Waals surface area contributed by atoms with E-state index in [2.05, 4.69) is 25.7 Å². The topological polar surface area (TPSA) is 117 Å². The van der Waals surface area contributed by atoms with Gasteiger partial charge in [0, 0.05) is 49.3 Å². The number of hydrogen-bond acceptors (Lipinski definition) is 8. The number of rotatable bonds is 8. The molecule has 1 aromatic carbocycles. The molecule has 220 valence electrons. The van der Waals surface area contributed by atoms with Gasteiger partial charge in [0.05, 0.1) is 22.4 Å². The number of amides is 1. The number of thiophene rings is 1. The zero-order chi connectivity index (χ0) is 29.8. The van der Waals surface area contributed by atoms with Gasteiger partial charge >= 0.3 is 0 Å². The molecule has 1 aliphatic carbocycles. The lowest BCUT2D eigenvalue weighted by Gasteiger charge is -2.30. The van der Waals surface area contributed by atoms with E-state index < -0.39 is 17.8 Å². The lowest BCUT2D eigenvalue weighted by Crippen LogP contribution is -2.38. The van der Waals surface area contributed by atoms with E-state index in [1.54, 1.807) is 25.2 Å². The van der Waals surface area contributed by atoms with Gasteiger partial charge in [0.1, 0.15) is 11.5 Å². The van der Waals surface area contributed by atoms with Crippen LogP contribution in [0, 0.1) is 11.2 Å². The maximum absolute atomic E-state index is 14.8. The number of aryl methyl sites for hydroxylation is 2. The first-order valence-corrected chi connectivity index (χ1v) is 14.8. The van der Waals surface area contributed by atoms with Gasteiger partial charge in [-0.2, -0.15) is 10.2 Å². The van der Waals surface area contributed by atoms with Crippen LogP contribution in [0.25, 0.3) is 11.3 Å². The Hall–Kier alpha value is -3.87. The van der Waals surface area contributed by atoms with Crippen molar-refractivity contribution in [3.8, 4) is 11.3 Å². The number of likely N-dealkylation sites (tertiary alicyclic amines) is 1. The van der Waals surface area contributed by atoms with Crippen LogP contribution in [0.5, 0.6) is 0 Å². The average Bonchev–Trinajstić information content (AvgIpc) is 3.54. The van der Waals surface area contributed by atoms with Gasteiger partial charge < -0.3 is 20.6 Å². The Labute approximate surface area is 246 Å². The zero-order valence-corrected chi connectivity index (χ0v) is 24.9. The number of halogens is 1. The molecule has 1 saturated heterocycles. The van der Waals surface area contributed by atoms with Crippen molar-refractivity contribution in [2.24, 2.45) is 19.5 Å². The fourth-order valence-electron chi connectivity index (χ4n) is 5.48. The summed E-state index contributed by atoms with van der Waals surface area (Å²) in [5, 5.41) is 25.3. The van der Waals surface area contributed by atoms with Crippen LogP contribution in [-0.2, 0) is 26.9 Å². The summed E-state index contributed by atoms with van der Waals surface area (Å²) in [6, 6.07) is 9.53. The summed E-state index contributed by atoms with van der Waals surface area (Å²) in [7, 11) is 3.43. The van der Waals surface area contributed by atoms with E-state index in [4.69, 9.17) is 0 Å². The van der Waals surface area contributed by atoms with Gasteiger partial charge in [-0.3, -0.25) is 14.3 Å². The Balaban J connectivity index is 1.21. The van der Waals surface area contributed by atoms with Crippen molar-refractivity contribution in [3.05, 3.63) is 73.6 Å². The molecule has 42 heavy (non-hydrogen) atoms. The van der Waals surface area contributed by atoms with Crippen molar-refractivity contribution in [3.63, 3.8) is 0 Å². The van der Waals surface area contributed by atoms with Crippen molar-refractivity contribution in [2.75, 3.05) is 30.3 Å². The second-order valence-electron chi connectivity index (χ2n) is 11.8. The monoisotopic (exact) mass is 591 g/mol. The van der Waals surface area contributed by atoms with Crippen molar-refractivity contribution in [1.82, 2.24) is 24.5 Å². The molecule has 0 saturated carbocycles. The quantitative estimate of drug-likeness (QED) is 0.281. The number of benzene rings is 1. The van der Waals surface area contributed by atoms with Crippen LogP contribution in [0.4, 0.5) is 21.6 Å². The highest BCUT2D eigenvalue weighted by molar-refractivity contribution is 7.14. The number of aliphatic hydroxyl groups is 1. The van der Waals surface area contributed by atoms with Crippen molar-refractivity contribution in [1.29, 1.82) is 0 Å². The fourth-order valence-corrected chi connectivity index (χ4v) is 6.80. The van der Waals surface area contributed by atoms with E-state index in [1.807, 2.05) is 31.6 Å². The van der Waals surface area contributed by atoms with E-state index >= 15 is 0 Å². The van der Waals surface area contributed by atoms with E-state index in [9.17, 15) is 19.1 Å². The van der Waals surface area contributed by atoms with Crippen LogP contribution >= 0.6 is 11.3 Å². The van der Waals surface area contributed by atoms with E-state index in [1.165, 1.54) is 34.6 Å². The normalized spacial score (nSPS) is 17.6. The SMILES string of the molecule is Cn1nc(Nc2cc(-c3ccc(F)c(NC(=O)c4cc5c(s4)CC(C)(C)[C@@H]5O)c3)nn(C)c2=O)cc1CCN1CCC1. The minimum absolute atomic E-state index is 0.00586. The summed E-state index contributed by atoms with van der Waals surface area (Å²) in [4.78, 5) is 29.7. The average molecular weight is 592 g/mol. The van der Waals surface area contributed by atoms with Crippen molar-refractivity contribution >= 4 is 34.4 Å². The highest BCUT2D eigenvalue weighted by Crippen LogP contribution is 2.48. The van der Waals surface area contributed by atoms with Gasteiger partial charge in [0.25, 0.3) is 11.5 Å². The maximum Gasteiger partial charge on any atom is 0.290 e. The summed E-state index contributed by atoms with van der Waals surface area (Å²) in [6.45, 7) is 7.21. The fraction of sp³-hybridized carbons (Fsp3) is 0.400. The molecule has 4 heterocycles. The first-order valence-electron chi connectivity index (χ1n) is 14.0. The number of fused-ring (bicyclic) bond motifs is 1. The molecular weight excluding hydrogens is 557 g/mol. The number of anilines is 3. The van der Waals surface area contributed by atoms with Crippen molar-refractivity contribution in [2.45, 2.75) is 39.2 Å². The third-order valence-corrected chi connectivity index (χ3v) is 9.31. The Bertz CT molecular complexity index is 1740. The third kappa shape index (κ3) is 5.37. The minimum atomic E-state index is -0.646. The summed E-state index contributed by atoms with van der Waals surface area (Å²) in [5.41, 5.74) is 2.42. The van der Waals surface area contributed by atoms with Crippen molar-refractivity contribution < 1.29 is 14.3 Å². The highest BCUT2D eigenvalue weighted by Gasteiger charge is 2.40. The molecule has 0 bridgehead atoms. The Morgan fingerprint density at radius 3 is 2.62 bits per heavy atom. The Morgan fingerprint density at radius 1 is 1.12 bits per heavy atom. The molecular formula is C30H34FN7O3S. The molecule has 10 nitrogen and oxygen atoms in total. The lowest BCUT2D eigenvalue weighted by molar-refractivity contribution is 0.0665. The number of hydrogen-bond donors (Lipinski definition) is 3. The number of carbonyl (C=O) groups is 1. The van der Waals surface area contributed by atoms with Crippen LogP contribution in [0.3, 0.4) is 0 Å². The van der Waals surface area contributed by atoms with Gasteiger partial charge in [-0.05, 0) is 67.2 Å². The molecule has 2 aliphatic rings. The molecule has 4 aromatic rings. The van der Waals surface area contributed by atoms with Gasteiger partial charge in [0.2, 0.25) is 0 Å². The Kier molecular flexibility index (Phi) is 7.24. The van der Waals surface area contributed by atoms with E-state index in [0.29, 0.717) is 28.4 Å². The van der Waals surface area contributed by atoms with E-state index in [0.717, 1.165) is 42.2 Å². The molecule has 3 N–H and O–H groups in total. The molecule has 6 rings (SSSR count). The van der Waals surface area contributed by atoms with Crippen LogP contribution < -0.4 is 16.2 Å². The number of aliphatic hydroxyl groups excluding tert-OH is 1. The predicted molar refractivity (Wildman–Crippen MR) is 161 cm³/mol. The molecule has 0 radical (unpaired) electrons. The summed E-state index contributed by atoms with van der Waals surface area (Å²) in [5.74, 6) is -0.500. The number of nitrogens with zero attached hydrogens (tertiary/aromatic N) is 5. The molecule has 1 atom stereocenters. The van der Waals surface area contributed by atoms with Crippen LogP contribution in [0.15, 0.2) is 41.2 Å². The van der Waals surface area contributed by atoms with E-state index in [-0.39, 0.29) is 22.3 Å². The van der Waals surface area contributed by atoms with Gasteiger partial charge in [0.15, 0.2) is 5.82 Å². The first-order chi connectivity index (χ1) is 20.0. The first kappa shape index (κ1) is 28.3. The van der Waals surface area contributed by atoms with Gasteiger partial charge in [-0.25, -0.2) is 9.07 Å². The number of nitrogens with one attached hydrogen (secondary N) is 2. The molecule has 1 fully saturated rings. The smallest absolute Gasteiger partial charge is 0.290 e. The van der Waals surface area contributed by atoms with Crippen LogP contribution in [0.2, 0.25) is 0 Å². The third-order valence-electron chi connectivity index (χ3n) is 8.16. The highest BCUT2D eigenvalue weighted by atomic mass is 32.1. The molecule has 0 unspecified atom stereocenters. The zero-order valence-electron chi connectivity index (χ0n) is 24.1. The number of carbonyl (C=O) groups excluding carboxylic acids is 1. The van der Waals surface area contributed by atoms with Gasteiger partial charge in [-0.1, -0.05) is 13.8 Å². The molecule has 1 amide bonds. The molecule has 1 aliphatic heterocycles. The van der Waals surface area contributed by atoms with Crippen LogP contribution in [-0.4, -0.2) is 55.1 Å². The molecule has 12 heteroatoms. The summed E-state index contributed by atoms with van der Waals surface area (Å²) >= 11 is 1.32. The van der Waals surface area contributed by atoms with Crippen LogP contribution in [0.1, 0.15) is 52.2 Å². The standard InChI is InChI=1S/C30H34FN7O3S/c1-30(2)16-25-19(27(30)39)14-24(42-25)28(40)33-22-12-17(6-7-20(22)31)21-15-23(29(41)37(4)34-21)32-26-13-18(36(3)35-26)8-11-38-9-5-10-38/h6-7,12-15,27,39H,5,8-11,16H2,1-4H3,(H,32,35)(H,33,40)/t27-/m1/s1. The summed E-state index contributed by atoms with van der Waals surface area (Å²) < 4.78 is 17.9. The Morgan fingerprint density at radius 2 is 1.90 bits per heavy atom. The second kappa shape index (κ2) is 10.8. The predicted octanol–water partition coefficient (Wildman–Crippen LogP) is 4.24. The lowest BCUT2D eigenvalue weighted by atomic mass is 9.88. The largest absolute Gasteiger partial charge is 0.388 e. The summed E-state index contributed by atoms with van der Waals surface area (Å²) in [6.07, 6.45) is 2.14.